The highest BCUT2D eigenvalue weighted by Gasteiger charge is 2.24. The summed E-state index contributed by atoms with van der Waals surface area (Å²) in [6.07, 6.45) is 0. The summed E-state index contributed by atoms with van der Waals surface area (Å²) in [6, 6.07) is 20.6. The maximum absolute atomic E-state index is 12.5. The van der Waals surface area contributed by atoms with Gasteiger partial charge in [-0.1, -0.05) is 48.0 Å². The van der Waals surface area contributed by atoms with Crippen LogP contribution in [0.1, 0.15) is 12.5 Å². The zero-order valence-corrected chi connectivity index (χ0v) is 18.8. The molecule has 0 radical (unpaired) electrons. The number of rotatable bonds is 6. The van der Waals surface area contributed by atoms with Crippen LogP contribution in [-0.2, 0) is 14.8 Å². The second kappa shape index (κ2) is 9.01. The van der Waals surface area contributed by atoms with Crippen molar-refractivity contribution in [1.29, 1.82) is 0 Å². The summed E-state index contributed by atoms with van der Waals surface area (Å²) >= 11 is 0. The van der Waals surface area contributed by atoms with Crippen LogP contribution in [0.4, 0.5) is 0 Å². The van der Waals surface area contributed by atoms with E-state index >= 15 is 0 Å². The predicted molar refractivity (Wildman–Crippen MR) is 125 cm³/mol. The maximum atomic E-state index is 12.5. The highest BCUT2D eigenvalue weighted by Crippen LogP contribution is 2.29. The lowest BCUT2D eigenvalue weighted by Gasteiger charge is -2.14. The van der Waals surface area contributed by atoms with Crippen LogP contribution in [0.5, 0.6) is 5.75 Å². The maximum Gasteiger partial charge on any atom is 0.336 e. The number of carbonyl (C=O) groups excluding carboxylic acids is 1. The van der Waals surface area contributed by atoms with Crippen molar-refractivity contribution >= 4 is 27.0 Å². The zero-order chi connectivity index (χ0) is 23.6. The van der Waals surface area contributed by atoms with Gasteiger partial charge in [-0.15, -0.1) is 0 Å². The molecular weight excluding hydrogens is 442 g/mol. The lowest BCUT2D eigenvalue weighted by Crippen LogP contribution is -2.40. The van der Waals surface area contributed by atoms with Crippen molar-refractivity contribution in [1.82, 2.24) is 4.72 Å². The summed E-state index contributed by atoms with van der Waals surface area (Å²) in [5.41, 5.74) is 2.17. The van der Waals surface area contributed by atoms with E-state index in [2.05, 4.69) is 4.72 Å². The lowest BCUT2D eigenvalue weighted by molar-refractivity contribution is -0.135. The molecule has 1 aromatic heterocycles. The van der Waals surface area contributed by atoms with Crippen LogP contribution in [-0.4, -0.2) is 20.4 Å². The van der Waals surface area contributed by atoms with Gasteiger partial charge in [0.15, 0.2) is 0 Å². The van der Waals surface area contributed by atoms with Crippen molar-refractivity contribution in [2.24, 2.45) is 0 Å². The number of hydrogen-bond donors (Lipinski definition) is 1. The lowest BCUT2D eigenvalue weighted by atomic mass is 10.0. The average molecular weight is 464 g/mol. The van der Waals surface area contributed by atoms with Crippen LogP contribution in [0, 0.1) is 6.92 Å². The number of esters is 1. The minimum atomic E-state index is -3.90. The fourth-order valence-electron chi connectivity index (χ4n) is 3.33. The zero-order valence-electron chi connectivity index (χ0n) is 17.9. The number of ether oxygens (including phenoxy) is 1. The van der Waals surface area contributed by atoms with Gasteiger partial charge in [-0.05, 0) is 49.2 Å². The van der Waals surface area contributed by atoms with Gasteiger partial charge >= 0.3 is 11.6 Å². The van der Waals surface area contributed by atoms with Gasteiger partial charge in [0.2, 0.25) is 10.0 Å². The largest absolute Gasteiger partial charge is 0.425 e. The van der Waals surface area contributed by atoms with Crippen LogP contribution in [0.25, 0.3) is 22.1 Å². The van der Waals surface area contributed by atoms with E-state index in [0.717, 1.165) is 11.1 Å². The summed E-state index contributed by atoms with van der Waals surface area (Å²) < 4.78 is 38.0. The molecule has 4 rings (SSSR count). The van der Waals surface area contributed by atoms with E-state index in [9.17, 15) is 18.0 Å². The van der Waals surface area contributed by atoms with Crippen LogP contribution >= 0.6 is 0 Å². The smallest absolute Gasteiger partial charge is 0.336 e. The molecule has 4 aromatic rings. The Bertz CT molecular complexity index is 1480. The molecule has 33 heavy (non-hydrogen) atoms. The van der Waals surface area contributed by atoms with Gasteiger partial charge < -0.3 is 9.15 Å². The monoisotopic (exact) mass is 463 g/mol. The van der Waals surface area contributed by atoms with Gasteiger partial charge in [0.05, 0.1) is 4.90 Å². The standard InChI is InChI=1S/C25H21NO6S/c1-16-8-11-20(12-9-16)33(29,30)26-17(2)25(28)31-19-10-13-21-22(18-6-4-3-5-7-18)15-24(27)32-23(21)14-19/h3-15,17,26H,1-2H3/t17-/m0/s1. The topological polar surface area (TPSA) is 103 Å². The van der Waals surface area contributed by atoms with Crippen molar-refractivity contribution in [3.8, 4) is 16.9 Å². The molecule has 0 unspecified atom stereocenters. The molecule has 0 fully saturated rings. The van der Waals surface area contributed by atoms with E-state index in [1.807, 2.05) is 37.3 Å². The molecule has 0 bridgehead atoms. The molecule has 1 heterocycles. The number of hydrogen-bond acceptors (Lipinski definition) is 6. The number of sulfonamides is 1. The predicted octanol–water partition coefficient (Wildman–Crippen LogP) is 4.04. The summed E-state index contributed by atoms with van der Waals surface area (Å²) in [5, 5.41) is 0.675. The number of aryl methyl sites for hydroxylation is 1. The number of fused-ring (bicyclic) bond motifs is 1. The Morgan fingerprint density at radius 3 is 2.36 bits per heavy atom. The van der Waals surface area contributed by atoms with E-state index in [-0.39, 0.29) is 16.2 Å². The quantitative estimate of drug-likeness (QED) is 0.263. The third kappa shape index (κ3) is 5.02. The van der Waals surface area contributed by atoms with Crippen molar-refractivity contribution in [3.05, 3.63) is 94.8 Å². The van der Waals surface area contributed by atoms with Crippen LogP contribution in [0.15, 0.2) is 93.0 Å². The third-order valence-corrected chi connectivity index (χ3v) is 6.59. The number of nitrogens with one attached hydrogen (secondary N) is 1. The van der Waals surface area contributed by atoms with Gasteiger partial charge in [-0.25, -0.2) is 18.0 Å². The molecule has 0 saturated carbocycles. The van der Waals surface area contributed by atoms with Crippen molar-refractivity contribution in [2.45, 2.75) is 24.8 Å². The Kier molecular flexibility index (Phi) is 6.13. The summed E-state index contributed by atoms with van der Waals surface area (Å²) in [6.45, 7) is 3.24. The molecule has 0 aliphatic carbocycles. The highest BCUT2D eigenvalue weighted by molar-refractivity contribution is 7.89. The molecule has 7 nitrogen and oxygen atoms in total. The molecule has 1 N–H and O–H groups in total. The van der Waals surface area contributed by atoms with Crippen molar-refractivity contribution in [2.75, 3.05) is 0 Å². The molecule has 3 aromatic carbocycles. The second-order valence-corrected chi connectivity index (χ2v) is 9.29. The first kappa shape index (κ1) is 22.4. The van der Waals surface area contributed by atoms with Gasteiger partial charge in [-0.3, -0.25) is 0 Å². The van der Waals surface area contributed by atoms with E-state index < -0.39 is 27.7 Å². The molecule has 0 aliphatic rings. The number of benzene rings is 3. The number of carbonyl (C=O) groups is 1. The van der Waals surface area contributed by atoms with Gasteiger partial charge in [0.1, 0.15) is 17.4 Å². The van der Waals surface area contributed by atoms with E-state index in [4.69, 9.17) is 9.15 Å². The molecular formula is C25H21NO6S. The molecule has 168 valence electrons. The van der Waals surface area contributed by atoms with E-state index in [0.29, 0.717) is 10.9 Å². The Morgan fingerprint density at radius 1 is 0.970 bits per heavy atom. The molecule has 0 amide bonds. The summed E-state index contributed by atoms with van der Waals surface area (Å²) in [7, 11) is -3.90. The molecule has 8 heteroatoms. The fraction of sp³-hybridized carbons (Fsp3) is 0.120. The molecule has 0 saturated heterocycles. The Morgan fingerprint density at radius 2 is 1.67 bits per heavy atom. The van der Waals surface area contributed by atoms with Crippen LogP contribution < -0.4 is 15.1 Å². The van der Waals surface area contributed by atoms with E-state index in [1.165, 1.54) is 31.2 Å². The van der Waals surface area contributed by atoms with Crippen LogP contribution in [0.2, 0.25) is 0 Å². The molecule has 0 aliphatic heterocycles. The third-order valence-electron chi connectivity index (χ3n) is 5.04. The SMILES string of the molecule is Cc1ccc(S(=O)(=O)N[C@@H](C)C(=O)Oc2ccc3c(-c4ccccc4)cc(=O)oc3c2)cc1. The first-order valence-electron chi connectivity index (χ1n) is 10.2. The second-order valence-electron chi connectivity index (χ2n) is 7.58. The average Bonchev–Trinajstić information content (AvgIpc) is 2.79. The van der Waals surface area contributed by atoms with Crippen molar-refractivity contribution in [3.63, 3.8) is 0 Å². The Balaban J connectivity index is 1.55. The van der Waals surface area contributed by atoms with Crippen molar-refractivity contribution < 1.29 is 22.4 Å². The Hall–Kier alpha value is -3.75. The van der Waals surface area contributed by atoms with Gasteiger partial charge in [0.25, 0.3) is 0 Å². The normalized spacial score (nSPS) is 12.4. The summed E-state index contributed by atoms with van der Waals surface area (Å²) in [4.78, 5) is 24.7. The minimum Gasteiger partial charge on any atom is -0.425 e. The first-order valence-corrected chi connectivity index (χ1v) is 11.7. The van der Waals surface area contributed by atoms with Gasteiger partial charge in [-0.2, -0.15) is 4.72 Å². The summed E-state index contributed by atoms with van der Waals surface area (Å²) in [5.74, 6) is -0.672. The van der Waals surface area contributed by atoms with E-state index in [1.54, 1.807) is 24.3 Å². The molecule has 0 spiro atoms. The highest BCUT2D eigenvalue weighted by atomic mass is 32.2. The molecule has 1 atom stereocenters. The Labute approximate surface area is 190 Å². The minimum absolute atomic E-state index is 0.0497. The van der Waals surface area contributed by atoms with Crippen LogP contribution in [0.3, 0.4) is 0 Å². The van der Waals surface area contributed by atoms with Gasteiger partial charge in [0, 0.05) is 17.5 Å². The fourth-order valence-corrected chi connectivity index (χ4v) is 4.53. The first-order chi connectivity index (χ1) is 15.7.